The van der Waals surface area contributed by atoms with Gasteiger partial charge in [-0.15, -0.1) is 11.3 Å². The zero-order chi connectivity index (χ0) is 24.2. The number of nitrogens with zero attached hydrogens (tertiary/aromatic N) is 2. The number of carbonyl (C=O) groups excluding carboxylic acids is 2. The van der Waals surface area contributed by atoms with E-state index >= 15 is 0 Å². The van der Waals surface area contributed by atoms with Gasteiger partial charge in [0.2, 0.25) is 5.91 Å². The van der Waals surface area contributed by atoms with Gasteiger partial charge in [-0.25, -0.2) is 18.9 Å². The summed E-state index contributed by atoms with van der Waals surface area (Å²) in [6.07, 6.45) is 1.19. The van der Waals surface area contributed by atoms with Gasteiger partial charge in [0.05, 0.1) is 21.1 Å². The van der Waals surface area contributed by atoms with Gasteiger partial charge in [-0.2, -0.15) is 0 Å². The zero-order valence-corrected chi connectivity index (χ0v) is 19.7. The van der Waals surface area contributed by atoms with Gasteiger partial charge < -0.3 is 10.0 Å². The monoisotopic (exact) mass is 489 g/mol. The number of hydrogen-bond acceptors (Lipinski definition) is 8. The fourth-order valence-electron chi connectivity index (χ4n) is 3.20. The van der Waals surface area contributed by atoms with Crippen molar-refractivity contribution in [2.45, 2.75) is 24.5 Å². The third-order valence-electron chi connectivity index (χ3n) is 5.56. The first kappa shape index (κ1) is 24.7. The number of thiazole rings is 1. The standard InChI is InChI=1S/C22H23N3O6S2/c1-22(21(28)24-29,33(2,30)31)10-9-19-23-17-8-7-15(11-18(17)32-19)5-3-4-6-16-12-25(13-16)20(27)14-26/h7-8,11,16,26,29H,9-10,12-14H2,1-2H3,(H,24,28)/t22-/m1/s1. The average molecular weight is 490 g/mol. The minimum Gasteiger partial charge on any atom is -0.387 e. The van der Waals surface area contributed by atoms with E-state index in [1.807, 2.05) is 18.2 Å². The summed E-state index contributed by atoms with van der Waals surface area (Å²) in [6.45, 7) is 1.79. The molecule has 0 unspecified atom stereocenters. The van der Waals surface area contributed by atoms with Crippen LogP contribution in [0.15, 0.2) is 18.2 Å². The van der Waals surface area contributed by atoms with E-state index in [1.165, 1.54) is 28.6 Å². The van der Waals surface area contributed by atoms with Crippen LogP contribution >= 0.6 is 11.3 Å². The van der Waals surface area contributed by atoms with Crippen LogP contribution in [0.2, 0.25) is 0 Å². The highest BCUT2D eigenvalue weighted by Gasteiger charge is 2.43. The van der Waals surface area contributed by atoms with Crippen LogP contribution in [0.25, 0.3) is 10.2 Å². The average Bonchev–Trinajstić information content (AvgIpc) is 3.16. The normalized spacial score (nSPS) is 15.5. The summed E-state index contributed by atoms with van der Waals surface area (Å²) < 4.78 is 23.3. The first-order valence-electron chi connectivity index (χ1n) is 10.0. The van der Waals surface area contributed by atoms with Crippen LogP contribution in [0.5, 0.6) is 0 Å². The summed E-state index contributed by atoms with van der Waals surface area (Å²) in [6, 6.07) is 5.49. The number of hydrogen-bond donors (Lipinski definition) is 3. The lowest BCUT2D eigenvalue weighted by atomic mass is 10.0. The Hall–Kier alpha value is -2.96. The molecule has 174 valence electrons. The Bertz CT molecular complexity index is 1310. The number of likely N-dealkylation sites (tertiary alicyclic amines) is 1. The smallest absolute Gasteiger partial charge is 0.264 e. The molecule has 11 heteroatoms. The van der Waals surface area contributed by atoms with Crippen molar-refractivity contribution in [3.63, 3.8) is 0 Å². The van der Waals surface area contributed by atoms with E-state index in [9.17, 15) is 18.0 Å². The van der Waals surface area contributed by atoms with Crippen molar-refractivity contribution in [2.75, 3.05) is 26.0 Å². The van der Waals surface area contributed by atoms with Gasteiger partial charge in [0.25, 0.3) is 5.91 Å². The number of rotatable bonds is 6. The first-order chi connectivity index (χ1) is 15.6. The Balaban J connectivity index is 1.66. The summed E-state index contributed by atoms with van der Waals surface area (Å²) >= 11 is 1.38. The summed E-state index contributed by atoms with van der Waals surface area (Å²) in [4.78, 5) is 29.3. The van der Waals surface area contributed by atoms with Crippen molar-refractivity contribution in [1.82, 2.24) is 15.4 Å². The van der Waals surface area contributed by atoms with E-state index in [-0.39, 0.29) is 24.7 Å². The van der Waals surface area contributed by atoms with Gasteiger partial charge in [0.15, 0.2) is 9.84 Å². The molecule has 2 heterocycles. The summed E-state index contributed by atoms with van der Waals surface area (Å²) in [5.74, 6) is 10.3. The fourth-order valence-corrected chi connectivity index (χ4v) is 5.06. The molecule has 1 fully saturated rings. The van der Waals surface area contributed by atoms with Crippen molar-refractivity contribution in [3.05, 3.63) is 28.8 Å². The highest BCUT2D eigenvalue weighted by atomic mass is 32.2. The molecule has 33 heavy (non-hydrogen) atoms. The number of sulfone groups is 1. The first-order valence-corrected chi connectivity index (χ1v) is 12.7. The number of benzene rings is 1. The van der Waals surface area contributed by atoms with Crippen LogP contribution < -0.4 is 5.48 Å². The third-order valence-corrected chi connectivity index (χ3v) is 8.67. The lowest BCUT2D eigenvalue weighted by Gasteiger charge is -2.35. The number of aliphatic hydroxyl groups is 1. The molecule has 3 rings (SSSR count). The lowest BCUT2D eigenvalue weighted by molar-refractivity contribution is -0.139. The second-order valence-corrected chi connectivity index (χ2v) is 11.5. The number of aliphatic hydroxyl groups excluding tert-OH is 1. The molecule has 1 saturated heterocycles. The zero-order valence-electron chi connectivity index (χ0n) is 18.1. The molecule has 1 aromatic heterocycles. The molecular weight excluding hydrogens is 466 g/mol. The minimum atomic E-state index is -3.77. The number of fused-ring (bicyclic) bond motifs is 1. The molecule has 0 spiro atoms. The van der Waals surface area contributed by atoms with Crippen molar-refractivity contribution >= 4 is 43.2 Å². The van der Waals surface area contributed by atoms with Crippen molar-refractivity contribution in [1.29, 1.82) is 0 Å². The second kappa shape index (κ2) is 9.89. The maximum atomic E-state index is 12.1. The maximum absolute atomic E-state index is 12.1. The van der Waals surface area contributed by atoms with E-state index in [0.717, 1.165) is 22.0 Å². The lowest BCUT2D eigenvalue weighted by Crippen LogP contribution is -2.50. The molecule has 9 nitrogen and oxygen atoms in total. The van der Waals surface area contributed by atoms with Crippen LogP contribution in [0, 0.1) is 29.6 Å². The van der Waals surface area contributed by atoms with Gasteiger partial charge in [0, 0.05) is 31.3 Å². The Morgan fingerprint density at radius 1 is 1.33 bits per heavy atom. The third kappa shape index (κ3) is 5.52. The number of amides is 2. The van der Waals surface area contributed by atoms with Crippen molar-refractivity contribution in [2.24, 2.45) is 5.92 Å². The Labute approximate surface area is 195 Å². The van der Waals surface area contributed by atoms with Crippen LogP contribution in [0.4, 0.5) is 0 Å². The predicted molar refractivity (Wildman–Crippen MR) is 123 cm³/mol. The van der Waals surface area contributed by atoms with Crippen molar-refractivity contribution < 1.29 is 28.3 Å². The van der Waals surface area contributed by atoms with Crippen LogP contribution in [0.1, 0.15) is 23.9 Å². The van der Waals surface area contributed by atoms with E-state index in [1.54, 1.807) is 0 Å². The highest BCUT2D eigenvalue weighted by Crippen LogP contribution is 2.28. The molecule has 2 aromatic rings. The number of carbonyl (C=O) groups is 2. The van der Waals surface area contributed by atoms with Gasteiger partial charge in [0.1, 0.15) is 11.4 Å². The molecule has 3 N–H and O–H groups in total. The van der Waals surface area contributed by atoms with E-state index < -0.39 is 27.1 Å². The van der Waals surface area contributed by atoms with Gasteiger partial charge in [-0.1, -0.05) is 11.8 Å². The minimum absolute atomic E-state index is 0.0250. The summed E-state index contributed by atoms with van der Waals surface area (Å²) in [5, 5.41) is 18.4. The number of nitrogens with one attached hydrogen (secondary N) is 1. The molecule has 0 bridgehead atoms. The molecule has 1 aliphatic heterocycles. The molecule has 1 aliphatic rings. The van der Waals surface area contributed by atoms with Gasteiger partial charge >= 0.3 is 0 Å². The summed E-state index contributed by atoms with van der Waals surface area (Å²) in [5.41, 5.74) is 2.93. The van der Waals surface area contributed by atoms with E-state index in [0.29, 0.717) is 18.1 Å². The fraction of sp³-hybridized carbons (Fsp3) is 0.409. The van der Waals surface area contributed by atoms with Crippen LogP contribution in [0.3, 0.4) is 0 Å². The van der Waals surface area contributed by atoms with Crippen molar-refractivity contribution in [3.8, 4) is 23.7 Å². The maximum Gasteiger partial charge on any atom is 0.264 e. The molecule has 0 radical (unpaired) electrons. The molecular formula is C22H23N3O6S2. The quantitative estimate of drug-likeness (QED) is 0.302. The van der Waals surface area contributed by atoms with Gasteiger partial charge in [-0.3, -0.25) is 14.8 Å². The predicted octanol–water partition coefficient (Wildman–Crippen LogP) is 0.343. The second-order valence-electron chi connectivity index (χ2n) is 7.91. The molecule has 0 saturated carbocycles. The van der Waals surface area contributed by atoms with Gasteiger partial charge in [-0.05, 0) is 43.4 Å². The topological polar surface area (TPSA) is 137 Å². The molecule has 1 atom stereocenters. The number of aryl methyl sites for hydroxylation is 1. The molecule has 1 aromatic carbocycles. The molecule has 2 amide bonds. The summed E-state index contributed by atoms with van der Waals surface area (Å²) in [7, 11) is -3.77. The van der Waals surface area contributed by atoms with Crippen LogP contribution in [-0.2, 0) is 25.8 Å². The Morgan fingerprint density at radius 3 is 2.70 bits per heavy atom. The SMILES string of the molecule is C[C@@](CCc1nc2ccc(C#CC#CC3CN(C(=O)CO)C3)cc2s1)(C(=O)NO)S(C)(=O)=O. The number of aromatic nitrogens is 1. The largest absolute Gasteiger partial charge is 0.387 e. The Kier molecular flexibility index (Phi) is 7.40. The number of hydroxylamine groups is 1. The van der Waals surface area contributed by atoms with E-state index in [4.69, 9.17) is 10.3 Å². The molecule has 0 aliphatic carbocycles. The Morgan fingerprint density at radius 2 is 2.06 bits per heavy atom. The van der Waals surface area contributed by atoms with E-state index in [2.05, 4.69) is 28.7 Å². The van der Waals surface area contributed by atoms with Crippen LogP contribution in [-0.4, -0.2) is 71.1 Å². The highest BCUT2D eigenvalue weighted by molar-refractivity contribution is 7.92.